The Morgan fingerprint density at radius 2 is 2.00 bits per heavy atom. The summed E-state index contributed by atoms with van der Waals surface area (Å²) in [5.74, 6) is -1.49. The minimum absolute atomic E-state index is 0.0974. The molecule has 2 atom stereocenters. The van der Waals surface area contributed by atoms with Gasteiger partial charge in [-0.25, -0.2) is 4.39 Å². The largest absolute Gasteiger partial charge is 0.394 e. The highest BCUT2D eigenvalue weighted by Crippen LogP contribution is 2.23. The zero-order valence-electron chi connectivity index (χ0n) is 18.2. The standard InChI is InChI=1S/C21H32FN5O4/c1-21(2,3)18(20(31)24-11-14(29)12-28)25-19(30)17-15-7-6-13(22)10-16(15)27(26-17)9-5-4-8-23/h6-7,10,14,18,28-29H,4-5,8-9,11-12,23H2,1-3H3,(H,24,31)(H,25,30)/t14-,18?/m1/s1. The van der Waals surface area contributed by atoms with Crippen molar-refractivity contribution in [2.75, 3.05) is 19.7 Å². The maximum atomic E-state index is 13.8. The molecule has 1 aromatic heterocycles. The Hall–Kier alpha value is -2.56. The van der Waals surface area contributed by atoms with E-state index >= 15 is 0 Å². The molecule has 1 aromatic carbocycles. The fourth-order valence-electron chi connectivity index (χ4n) is 3.15. The van der Waals surface area contributed by atoms with Crippen LogP contribution in [-0.4, -0.2) is 63.7 Å². The lowest BCUT2D eigenvalue weighted by molar-refractivity contribution is -0.125. The first-order valence-electron chi connectivity index (χ1n) is 10.3. The van der Waals surface area contributed by atoms with E-state index in [2.05, 4.69) is 15.7 Å². The highest BCUT2D eigenvalue weighted by atomic mass is 19.1. The van der Waals surface area contributed by atoms with Crippen molar-refractivity contribution in [3.05, 3.63) is 29.7 Å². The number of unbranched alkanes of at least 4 members (excludes halogenated alkanes) is 1. The van der Waals surface area contributed by atoms with Crippen LogP contribution in [0.4, 0.5) is 4.39 Å². The molecule has 1 heterocycles. The minimum atomic E-state index is -1.09. The van der Waals surface area contributed by atoms with Gasteiger partial charge in [-0.1, -0.05) is 20.8 Å². The first-order chi connectivity index (χ1) is 14.6. The number of benzene rings is 1. The van der Waals surface area contributed by atoms with Crippen LogP contribution in [0, 0.1) is 11.2 Å². The third-order valence-electron chi connectivity index (χ3n) is 4.88. The third-order valence-corrected chi connectivity index (χ3v) is 4.88. The van der Waals surface area contributed by atoms with Crippen LogP contribution < -0.4 is 16.4 Å². The van der Waals surface area contributed by atoms with Gasteiger partial charge in [0.05, 0.1) is 18.2 Å². The number of hydrogen-bond donors (Lipinski definition) is 5. The minimum Gasteiger partial charge on any atom is -0.394 e. The Morgan fingerprint density at radius 3 is 2.61 bits per heavy atom. The van der Waals surface area contributed by atoms with E-state index in [-0.39, 0.29) is 12.2 Å². The highest BCUT2D eigenvalue weighted by Gasteiger charge is 2.34. The number of rotatable bonds is 10. The lowest BCUT2D eigenvalue weighted by atomic mass is 9.86. The van der Waals surface area contributed by atoms with Crippen molar-refractivity contribution in [2.45, 2.75) is 52.3 Å². The number of aryl methyl sites for hydroxylation is 1. The summed E-state index contributed by atoms with van der Waals surface area (Å²) in [6, 6.07) is 3.15. The van der Waals surface area contributed by atoms with Gasteiger partial charge in [0.15, 0.2) is 5.69 Å². The molecule has 0 saturated carbocycles. The lowest BCUT2D eigenvalue weighted by Gasteiger charge is -2.30. The van der Waals surface area contributed by atoms with E-state index in [0.29, 0.717) is 24.0 Å². The number of amides is 2. The Balaban J connectivity index is 2.29. The first-order valence-corrected chi connectivity index (χ1v) is 10.3. The second-order valence-corrected chi connectivity index (χ2v) is 8.58. The Morgan fingerprint density at radius 1 is 1.29 bits per heavy atom. The van der Waals surface area contributed by atoms with Gasteiger partial charge in [-0.05, 0) is 43.0 Å². The number of carbonyl (C=O) groups is 2. The number of fused-ring (bicyclic) bond motifs is 1. The molecule has 2 amide bonds. The molecule has 31 heavy (non-hydrogen) atoms. The van der Waals surface area contributed by atoms with Gasteiger partial charge in [0.25, 0.3) is 5.91 Å². The van der Waals surface area contributed by atoms with Crippen LogP contribution >= 0.6 is 0 Å². The fraction of sp³-hybridized carbons (Fsp3) is 0.571. The van der Waals surface area contributed by atoms with E-state index in [1.807, 2.05) is 0 Å². The van der Waals surface area contributed by atoms with Gasteiger partial charge in [0, 0.05) is 18.5 Å². The molecule has 6 N–H and O–H groups in total. The number of halogens is 1. The van der Waals surface area contributed by atoms with Crippen molar-refractivity contribution < 1.29 is 24.2 Å². The molecule has 2 rings (SSSR count). The van der Waals surface area contributed by atoms with Crippen LogP contribution in [0.2, 0.25) is 0 Å². The average Bonchev–Trinajstić information content (AvgIpc) is 3.07. The van der Waals surface area contributed by atoms with E-state index in [0.717, 1.165) is 12.8 Å². The molecule has 9 nitrogen and oxygen atoms in total. The lowest BCUT2D eigenvalue weighted by Crippen LogP contribution is -2.54. The first kappa shape index (κ1) is 24.7. The second kappa shape index (κ2) is 10.7. The Kier molecular flexibility index (Phi) is 8.49. The molecule has 0 aliphatic carbocycles. The van der Waals surface area contributed by atoms with E-state index in [4.69, 9.17) is 10.8 Å². The van der Waals surface area contributed by atoms with Gasteiger partial charge >= 0.3 is 0 Å². The quantitative estimate of drug-likeness (QED) is 0.343. The summed E-state index contributed by atoms with van der Waals surface area (Å²) in [4.78, 5) is 25.7. The van der Waals surface area contributed by atoms with Gasteiger partial charge < -0.3 is 26.6 Å². The smallest absolute Gasteiger partial charge is 0.273 e. The molecule has 0 bridgehead atoms. The number of aliphatic hydroxyl groups is 2. The number of hydrogen-bond acceptors (Lipinski definition) is 6. The van der Waals surface area contributed by atoms with Gasteiger partial charge in [0.2, 0.25) is 5.91 Å². The average molecular weight is 438 g/mol. The van der Waals surface area contributed by atoms with Crippen molar-refractivity contribution in [1.82, 2.24) is 20.4 Å². The maximum Gasteiger partial charge on any atom is 0.273 e. The fourth-order valence-corrected chi connectivity index (χ4v) is 3.15. The number of nitrogens with one attached hydrogen (secondary N) is 2. The molecule has 0 saturated heterocycles. The monoisotopic (exact) mass is 437 g/mol. The molecule has 1 unspecified atom stereocenters. The number of carbonyl (C=O) groups excluding carboxylic acids is 2. The van der Waals surface area contributed by atoms with E-state index < -0.39 is 41.8 Å². The SMILES string of the molecule is CC(C)(C)C(NC(=O)c1nn(CCCCN)c2cc(F)ccc12)C(=O)NC[C@@H](O)CO. The molecule has 10 heteroatoms. The van der Waals surface area contributed by atoms with E-state index in [9.17, 15) is 19.1 Å². The van der Waals surface area contributed by atoms with Gasteiger partial charge in [0.1, 0.15) is 11.9 Å². The molecule has 2 aromatic rings. The van der Waals surface area contributed by atoms with Crippen LogP contribution in [0.3, 0.4) is 0 Å². The summed E-state index contributed by atoms with van der Waals surface area (Å²) < 4.78 is 15.4. The van der Waals surface area contributed by atoms with E-state index in [1.54, 1.807) is 25.5 Å². The molecule has 0 fully saturated rings. The third kappa shape index (κ3) is 6.46. The topological polar surface area (TPSA) is 142 Å². The number of aromatic nitrogens is 2. The number of nitrogens with zero attached hydrogens (tertiary/aromatic N) is 2. The van der Waals surface area contributed by atoms with Crippen molar-refractivity contribution in [1.29, 1.82) is 0 Å². The highest BCUT2D eigenvalue weighted by molar-refractivity contribution is 6.06. The summed E-state index contributed by atoms with van der Waals surface area (Å²) >= 11 is 0. The molecule has 0 aliphatic heterocycles. The molecule has 172 valence electrons. The summed E-state index contributed by atoms with van der Waals surface area (Å²) in [7, 11) is 0. The molecular formula is C21H32FN5O4. The Labute approximate surface area is 180 Å². The van der Waals surface area contributed by atoms with Crippen molar-refractivity contribution in [2.24, 2.45) is 11.1 Å². The van der Waals surface area contributed by atoms with Crippen molar-refractivity contribution in [3.8, 4) is 0 Å². The predicted molar refractivity (Wildman–Crippen MR) is 115 cm³/mol. The zero-order valence-corrected chi connectivity index (χ0v) is 18.2. The summed E-state index contributed by atoms with van der Waals surface area (Å²) in [6.07, 6.45) is 0.401. The van der Waals surface area contributed by atoms with Crippen LogP contribution in [0.25, 0.3) is 10.9 Å². The van der Waals surface area contributed by atoms with Gasteiger partial charge in [-0.15, -0.1) is 0 Å². The van der Waals surface area contributed by atoms with Crippen LogP contribution in [0.15, 0.2) is 18.2 Å². The molecular weight excluding hydrogens is 405 g/mol. The zero-order chi connectivity index (χ0) is 23.2. The van der Waals surface area contributed by atoms with Crippen molar-refractivity contribution in [3.63, 3.8) is 0 Å². The Bertz CT molecular complexity index is 909. The van der Waals surface area contributed by atoms with Crippen LogP contribution in [0.5, 0.6) is 0 Å². The second-order valence-electron chi connectivity index (χ2n) is 8.58. The predicted octanol–water partition coefficient (Wildman–Crippen LogP) is 0.528. The summed E-state index contributed by atoms with van der Waals surface area (Å²) in [6.45, 7) is 5.74. The molecule has 0 radical (unpaired) electrons. The normalized spacial score (nSPS) is 13.8. The summed E-state index contributed by atoms with van der Waals surface area (Å²) in [5, 5.41) is 28.5. The molecule has 0 aliphatic rings. The van der Waals surface area contributed by atoms with Gasteiger partial charge in [-0.3, -0.25) is 14.3 Å². The van der Waals surface area contributed by atoms with Crippen LogP contribution in [-0.2, 0) is 11.3 Å². The van der Waals surface area contributed by atoms with Gasteiger partial charge in [-0.2, -0.15) is 5.10 Å². The number of nitrogens with two attached hydrogens (primary N) is 1. The number of aliphatic hydroxyl groups excluding tert-OH is 2. The maximum absolute atomic E-state index is 13.8. The van der Waals surface area contributed by atoms with Crippen LogP contribution in [0.1, 0.15) is 44.1 Å². The van der Waals surface area contributed by atoms with E-state index in [1.165, 1.54) is 18.2 Å². The summed E-state index contributed by atoms with van der Waals surface area (Å²) in [5.41, 5.74) is 5.48. The van der Waals surface area contributed by atoms with Crippen molar-refractivity contribution >= 4 is 22.7 Å². The molecule has 0 spiro atoms.